The summed E-state index contributed by atoms with van der Waals surface area (Å²) in [5, 5.41) is 3.31. The standard InChI is InChI=1S/C14H22N2O/c1-10(2)11-3-5-12(6-4-11)14(15)13-9-16-7-8-17-13/h3-6,10,13-14,16H,7-9,15H2,1-2H3. The van der Waals surface area contributed by atoms with Gasteiger partial charge in [0.1, 0.15) is 0 Å². The molecule has 1 aromatic carbocycles. The molecule has 0 aromatic heterocycles. The molecule has 3 heteroatoms. The maximum Gasteiger partial charge on any atom is 0.0892 e. The van der Waals surface area contributed by atoms with Gasteiger partial charge in [-0.05, 0) is 17.0 Å². The Labute approximate surface area is 103 Å². The molecule has 1 fully saturated rings. The van der Waals surface area contributed by atoms with Crippen molar-refractivity contribution < 1.29 is 4.74 Å². The van der Waals surface area contributed by atoms with E-state index in [2.05, 4.69) is 43.4 Å². The number of ether oxygens (including phenoxy) is 1. The fraction of sp³-hybridized carbons (Fsp3) is 0.571. The van der Waals surface area contributed by atoms with E-state index in [9.17, 15) is 0 Å². The molecule has 17 heavy (non-hydrogen) atoms. The van der Waals surface area contributed by atoms with Crippen molar-refractivity contribution in [3.8, 4) is 0 Å². The van der Waals surface area contributed by atoms with Crippen LogP contribution in [0.5, 0.6) is 0 Å². The molecule has 1 aliphatic heterocycles. The van der Waals surface area contributed by atoms with Crippen molar-refractivity contribution in [3.05, 3.63) is 35.4 Å². The monoisotopic (exact) mass is 234 g/mol. The zero-order valence-corrected chi connectivity index (χ0v) is 10.6. The van der Waals surface area contributed by atoms with Crippen LogP contribution in [-0.4, -0.2) is 25.8 Å². The third-order valence-electron chi connectivity index (χ3n) is 3.34. The fourth-order valence-corrected chi connectivity index (χ4v) is 2.13. The van der Waals surface area contributed by atoms with Crippen LogP contribution in [0.3, 0.4) is 0 Å². The van der Waals surface area contributed by atoms with E-state index in [1.165, 1.54) is 5.56 Å². The summed E-state index contributed by atoms with van der Waals surface area (Å²) in [6.07, 6.45) is 0.0913. The van der Waals surface area contributed by atoms with Gasteiger partial charge in [-0.25, -0.2) is 0 Å². The van der Waals surface area contributed by atoms with E-state index in [4.69, 9.17) is 10.5 Å². The van der Waals surface area contributed by atoms with Gasteiger partial charge in [-0.15, -0.1) is 0 Å². The number of hydrogen-bond donors (Lipinski definition) is 2. The molecule has 0 aliphatic carbocycles. The lowest BCUT2D eigenvalue weighted by molar-refractivity contribution is 0.0122. The van der Waals surface area contributed by atoms with Gasteiger partial charge >= 0.3 is 0 Å². The first-order valence-electron chi connectivity index (χ1n) is 6.36. The molecule has 1 aromatic rings. The van der Waals surface area contributed by atoms with Gasteiger partial charge in [0, 0.05) is 13.1 Å². The van der Waals surface area contributed by atoms with Crippen LogP contribution in [0.25, 0.3) is 0 Å². The average Bonchev–Trinajstić information content (AvgIpc) is 2.39. The fourth-order valence-electron chi connectivity index (χ4n) is 2.13. The van der Waals surface area contributed by atoms with Gasteiger partial charge < -0.3 is 15.8 Å². The lowest BCUT2D eigenvalue weighted by Crippen LogP contribution is -2.44. The predicted octanol–water partition coefficient (Wildman–Crippen LogP) is 1.80. The average molecular weight is 234 g/mol. The second kappa shape index (κ2) is 5.63. The zero-order valence-electron chi connectivity index (χ0n) is 10.6. The Morgan fingerprint density at radius 3 is 2.41 bits per heavy atom. The summed E-state index contributed by atoms with van der Waals surface area (Å²) >= 11 is 0. The Balaban J connectivity index is 2.05. The lowest BCUT2D eigenvalue weighted by Gasteiger charge is -2.29. The summed E-state index contributed by atoms with van der Waals surface area (Å²) in [6.45, 7) is 6.91. The summed E-state index contributed by atoms with van der Waals surface area (Å²) in [5.74, 6) is 0.563. The molecule has 3 N–H and O–H groups in total. The summed E-state index contributed by atoms with van der Waals surface area (Å²) in [6, 6.07) is 8.53. The van der Waals surface area contributed by atoms with E-state index < -0.39 is 0 Å². The van der Waals surface area contributed by atoms with E-state index in [0.717, 1.165) is 25.3 Å². The summed E-state index contributed by atoms with van der Waals surface area (Å²) in [5.41, 5.74) is 8.74. The van der Waals surface area contributed by atoms with Gasteiger partial charge in [0.2, 0.25) is 0 Å². The first kappa shape index (κ1) is 12.6. The first-order valence-corrected chi connectivity index (χ1v) is 6.36. The van der Waals surface area contributed by atoms with Crippen molar-refractivity contribution >= 4 is 0 Å². The summed E-state index contributed by atoms with van der Waals surface area (Å²) in [4.78, 5) is 0. The highest BCUT2D eigenvalue weighted by Crippen LogP contribution is 2.21. The van der Waals surface area contributed by atoms with E-state index in [0.29, 0.717) is 5.92 Å². The molecule has 0 saturated carbocycles. The van der Waals surface area contributed by atoms with Crippen molar-refractivity contribution in [2.45, 2.75) is 31.9 Å². The zero-order chi connectivity index (χ0) is 12.3. The topological polar surface area (TPSA) is 47.3 Å². The molecule has 0 spiro atoms. The number of benzene rings is 1. The Bertz CT molecular complexity index is 342. The van der Waals surface area contributed by atoms with Gasteiger partial charge in [0.05, 0.1) is 18.8 Å². The highest BCUT2D eigenvalue weighted by atomic mass is 16.5. The molecular formula is C14H22N2O. The highest BCUT2D eigenvalue weighted by molar-refractivity contribution is 5.27. The molecule has 0 radical (unpaired) electrons. The summed E-state index contributed by atoms with van der Waals surface area (Å²) < 4.78 is 5.68. The van der Waals surface area contributed by atoms with E-state index in [1.807, 2.05) is 0 Å². The Morgan fingerprint density at radius 1 is 1.24 bits per heavy atom. The third-order valence-corrected chi connectivity index (χ3v) is 3.34. The van der Waals surface area contributed by atoms with Crippen molar-refractivity contribution in [3.63, 3.8) is 0 Å². The van der Waals surface area contributed by atoms with Crippen LogP contribution in [0, 0.1) is 0 Å². The Hall–Kier alpha value is -0.900. The van der Waals surface area contributed by atoms with Crippen molar-refractivity contribution in [1.29, 1.82) is 0 Å². The van der Waals surface area contributed by atoms with E-state index >= 15 is 0 Å². The SMILES string of the molecule is CC(C)c1ccc(C(N)C2CNCCO2)cc1. The van der Waals surface area contributed by atoms with Crippen molar-refractivity contribution in [2.24, 2.45) is 5.73 Å². The van der Waals surface area contributed by atoms with E-state index in [1.54, 1.807) is 0 Å². The minimum absolute atomic E-state index is 0.0380. The van der Waals surface area contributed by atoms with Crippen molar-refractivity contribution in [2.75, 3.05) is 19.7 Å². The van der Waals surface area contributed by atoms with E-state index in [-0.39, 0.29) is 12.1 Å². The van der Waals surface area contributed by atoms with Crippen LogP contribution in [0.2, 0.25) is 0 Å². The minimum atomic E-state index is -0.0380. The molecule has 0 bridgehead atoms. The number of nitrogens with two attached hydrogens (primary N) is 1. The van der Waals surface area contributed by atoms with Crippen LogP contribution >= 0.6 is 0 Å². The van der Waals surface area contributed by atoms with Gasteiger partial charge in [-0.3, -0.25) is 0 Å². The lowest BCUT2D eigenvalue weighted by atomic mass is 9.97. The molecule has 2 unspecified atom stereocenters. The summed E-state index contributed by atoms with van der Waals surface area (Å²) in [7, 11) is 0. The molecule has 3 nitrogen and oxygen atoms in total. The van der Waals surface area contributed by atoms with Gasteiger partial charge in [-0.1, -0.05) is 38.1 Å². The van der Waals surface area contributed by atoms with Crippen LogP contribution in [0.4, 0.5) is 0 Å². The van der Waals surface area contributed by atoms with Crippen LogP contribution in [-0.2, 0) is 4.74 Å². The number of rotatable bonds is 3. The molecule has 94 valence electrons. The molecule has 0 amide bonds. The Morgan fingerprint density at radius 2 is 1.88 bits per heavy atom. The molecule has 1 aliphatic rings. The number of hydrogen-bond acceptors (Lipinski definition) is 3. The largest absolute Gasteiger partial charge is 0.374 e. The first-order chi connectivity index (χ1) is 8.18. The normalized spacial score (nSPS) is 22.7. The molecule has 2 atom stereocenters. The van der Waals surface area contributed by atoms with Crippen LogP contribution in [0.15, 0.2) is 24.3 Å². The quantitative estimate of drug-likeness (QED) is 0.838. The predicted molar refractivity (Wildman–Crippen MR) is 70.1 cm³/mol. The van der Waals surface area contributed by atoms with Gasteiger partial charge in [0.25, 0.3) is 0 Å². The number of morpholine rings is 1. The Kier molecular flexibility index (Phi) is 4.15. The third kappa shape index (κ3) is 3.06. The minimum Gasteiger partial charge on any atom is -0.374 e. The van der Waals surface area contributed by atoms with Crippen LogP contribution in [0.1, 0.15) is 36.9 Å². The molecule has 2 rings (SSSR count). The smallest absolute Gasteiger partial charge is 0.0892 e. The molecular weight excluding hydrogens is 212 g/mol. The van der Waals surface area contributed by atoms with Crippen LogP contribution < -0.4 is 11.1 Å². The molecule has 1 saturated heterocycles. The second-order valence-corrected chi connectivity index (χ2v) is 4.96. The van der Waals surface area contributed by atoms with Gasteiger partial charge in [0.15, 0.2) is 0 Å². The maximum atomic E-state index is 6.23. The van der Waals surface area contributed by atoms with Gasteiger partial charge in [-0.2, -0.15) is 0 Å². The second-order valence-electron chi connectivity index (χ2n) is 4.96. The highest BCUT2D eigenvalue weighted by Gasteiger charge is 2.22. The molecule has 1 heterocycles. The number of nitrogens with one attached hydrogen (secondary N) is 1. The maximum absolute atomic E-state index is 6.23. The van der Waals surface area contributed by atoms with Crippen molar-refractivity contribution in [1.82, 2.24) is 5.32 Å².